The van der Waals surface area contributed by atoms with Crippen LogP contribution in [0.3, 0.4) is 0 Å². The minimum atomic E-state index is -4.18. The largest absolute Gasteiger partial charge is 0.315 e. The zero-order valence-corrected chi connectivity index (χ0v) is 21.8. The van der Waals surface area contributed by atoms with Crippen molar-refractivity contribution in [3.8, 4) is 5.69 Å². The number of sulfonamides is 1. The van der Waals surface area contributed by atoms with Crippen molar-refractivity contribution in [1.82, 2.24) is 9.99 Å². The lowest BCUT2D eigenvalue weighted by Gasteiger charge is -2.23. The molecule has 1 amide bonds. The Kier molecular flexibility index (Phi) is 7.72. The highest BCUT2D eigenvalue weighted by molar-refractivity contribution is 7.92. The van der Waals surface area contributed by atoms with Gasteiger partial charge in [0.1, 0.15) is 18.2 Å². The first-order valence-corrected chi connectivity index (χ1v) is 13.1. The summed E-state index contributed by atoms with van der Waals surface area (Å²) in [5.41, 5.74) is 6.08. The van der Waals surface area contributed by atoms with Gasteiger partial charge in [0.15, 0.2) is 0 Å². The van der Waals surface area contributed by atoms with E-state index in [9.17, 15) is 22.0 Å². The summed E-state index contributed by atoms with van der Waals surface area (Å²) in [4.78, 5) is 12.6. The lowest BCUT2D eigenvalue weighted by molar-refractivity contribution is -0.119. The Balaban J connectivity index is 1.56. The molecule has 0 aliphatic carbocycles. The van der Waals surface area contributed by atoms with Gasteiger partial charge in [0.05, 0.1) is 22.5 Å². The van der Waals surface area contributed by atoms with Crippen molar-refractivity contribution < 1.29 is 22.0 Å². The maximum Gasteiger partial charge on any atom is 0.264 e. The molecule has 0 spiro atoms. The van der Waals surface area contributed by atoms with E-state index in [1.807, 2.05) is 13.8 Å². The number of aryl methyl sites for hydroxylation is 2. The summed E-state index contributed by atoms with van der Waals surface area (Å²) >= 11 is 0. The van der Waals surface area contributed by atoms with Gasteiger partial charge in [-0.2, -0.15) is 5.10 Å². The number of benzene rings is 3. The minimum absolute atomic E-state index is 0.156. The monoisotopic (exact) mass is 536 g/mol. The number of rotatable bonds is 8. The van der Waals surface area contributed by atoms with Gasteiger partial charge in [-0.05, 0) is 75.4 Å². The number of anilines is 1. The fourth-order valence-electron chi connectivity index (χ4n) is 4.02. The van der Waals surface area contributed by atoms with E-state index in [0.29, 0.717) is 16.9 Å². The summed E-state index contributed by atoms with van der Waals surface area (Å²) in [6.07, 6.45) is 1.42. The van der Waals surface area contributed by atoms with Gasteiger partial charge in [0.2, 0.25) is 0 Å². The van der Waals surface area contributed by atoms with Crippen molar-refractivity contribution in [1.29, 1.82) is 0 Å². The van der Waals surface area contributed by atoms with Gasteiger partial charge in [-0.1, -0.05) is 29.8 Å². The molecule has 0 atom stereocenters. The number of carbonyl (C=O) groups is 1. The molecule has 1 aromatic heterocycles. The van der Waals surface area contributed by atoms with Crippen molar-refractivity contribution >= 4 is 27.8 Å². The second-order valence-electron chi connectivity index (χ2n) is 8.71. The normalized spacial score (nSPS) is 11.6. The molecule has 0 aliphatic heterocycles. The minimum Gasteiger partial charge on any atom is -0.315 e. The van der Waals surface area contributed by atoms with Crippen molar-refractivity contribution in [3.05, 3.63) is 113 Å². The Morgan fingerprint density at radius 3 is 2.29 bits per heavy atom. The van der Waals surface area contributed by atoms with E-state index < -0.39 is 28.3 Å². The highest BCUT2D eigenvalue weighted by Crippen LogP contribution is 2.25. The molecule has 1 heterocycles. The molecular formula is C28H26F2N4O3S. The third kappa shape index (κ3) is 5.65. The number of para-hydroxylation sites is 1. The van der Waals surface area contributed by atoms with Crippen LogP contribution in [0, 0.1) is 32.4 Å². The second-order valence-corrected chi connectivity index (χ2v) is 10.6. The van der Waals surface area contributed by atoms with E-state index in [-0.39, 0.29) is 16.4 Å². The summed E-state index contributed by atoms with van der Waals surface area (Å²) in [5, 5.41) is 4.00. The van der Waals surface area contributed by atoms with E-state index in [1.54, 1.807) is 60.0 Å². The van der Waals surface area contributed by atoms with Crippen LogP contribution in [0.4, 0.5) is 14.5 Å². The summed E-state index contributed by atoms with van der Waals surface area (Å²) in [5.74, 6) is -1.63. The first-order valence-electron chi connectivity index (χ1n) is 11.7. The van der Waals surface area contributed by atoms with Crippen LogP contribution < -0.4 is 9.73 Å². The van der Waals surface area contributed by atoms with E-state index >= 15 is 0 Å². The number of carbonyl (C=O) groups excluding carboxylic acids is 1. The lowest BCUT2D eigenvalue weighted by atomic mass is 10.2. The molecular weight excluding hydrogens is 510 g/mol. The standard InChI is InChI=1S/C28H26F2N4O3S/c1-19-8-12-24(13-9-19)33(38(36,37)25-14-10-23(29)11-15-25)18-28(35)32-31-17-22-16-20(2)34(21(22)3)27-7-5-4-6-26(27)30/h4-17H,18H2,1-3H3,(H,32,35)/b31-17-. The molecule has 4 rings (SSSR count). The number of amides is 1. The van der Waals surface area contributed by atoms with Crippen LogP contribution in [-0.2, 0) is 14.8 Å². The third-order valence-corrected chi connectivity index (χ3v) is 7.76. The Bertz CT molecular complexity index is 1600. The highest BCUT2D eigenvalue weighted by atomic mass is 32.2. The molecule has 1 N–H and O–H groups in total. The predicted octanol–water partition coefficient (Wildman–Crippen LogP) is 5.03. The zero-order chi connectivity index (χ0) is 27.4. The fraction of sp³-hybridized carbons (Fsp3) is 0.143. The van der Waals surface area contributed by atoms with Crippen molar-refractivity contribution in [2.24, 2.45) is 5.10 Å². The molecule has 0 saturated carbocycles. The molecule has 3 aromatic carbocycles. The maximum absolute atomic E-state index is 14.3. The smallest absolute Gasteiger partial charge is 0.264 e. The first kappa shape index (κ1) is 26.7. The molecule has 0 bridgehead atoms. The molecule has 0 saturated heterocycles. The predicted molar refractivity (Wildman–Crippen MR) is 143 cm³/mol. The quantitative estimate of drug-likeness (QED) is 0.253. The summed E-state index contributed by atoms with van der Waals surface area (Å²) in [6, 6.07) is 19.2. The van der Waals surface area contributed by atoms with E-state index in [2.05, 4.69) is 10.5 Å². The van der Waals surface area contributed by atoms with Crippen LogP contribution in [0.5, 0.6) is 0 Å². The van der Waals surface area contributed by atoms with Crippen LogP contribution in [0.25, 0.3) is 5.69 Å². The average molecular weight is 537 g/mol. The Morgan fingerprint density at radius 2 is 1.63 bits per heavy atom. The number of nitrogens with zero attached hydrogens (tertiary/aromatic N) is 3. The van der Waals surface area contributed by atoms with Gasteiger partial charge in [0.25, 0.3) is 15.9 Å². The Morgan fingerprint density at radius 1 is 0.974 bits per heavy atom. The summed E-state index contributed by atoms with van der Waals surface area (Å²) in [6.45, 7) is 4.92. The first-order chi connectivity index (χ1) is 18.1. The molecule has 10 heteroatoms. The van der Waals surface area contributed by atoms with Crippen LogP contribution in [0.1, 0.15) is 22.5 Å². The van der Waals surface area contributed by atoms with Gasteiger partial charge >= 0.3 is 0 Å². The van der Waals surface area contributed by atoms with Gasteiger partial charge in [-0.25, -0.2) is 22.6 Å². The average Bonchev–Trinajstić information content (AvgIpc) is 3.16. The van der Waals surface area contributed by atoms with Crippen LogP contribution in [-0.4, -0.2) is 31.7 Å². The van der Waals surface area contributed by atoms with E-state index in [4.69, 9.17) is 0 Å². The molecule has 7 nitrogen and oxygen atoms in total. The van der Waals surface area contributed by atoms with Gasteiger partial charge in [-0.15, -0.1) is 0 Å². The molecule has 0 unspecified atom stereocenters. The topological polar surface area (TPSA) is 83.8 Å². The number of nitrogens with one attached hydrogen (secondary N) is 1. The van der Waals surface area contributed by atoms with E-state index in [1.165, 1.54) is 12.3 Å². The number of hydrazone groups is 1. The van der Waals surface area contributed by atoms with Crippen molar-refractivity contribution in [2.75, 3.05) is 10.8 Å². The number of hydrogen-bond acceptors (Lipinski definition) is 4. The molecule has 196 valence electrons. The van der Waals surface area contributed by atoms with Crippen molar-refractivity contribution in [2.45, 2.75) is 25.7 Å². The van der Waals surface area contributed by atoms with E-state index in [0.717, 1.165) is 39.8 Å². The maximum atomic E-state index is 14.3. The molecule has 38 heavy (non-hydrogen) atoms. The summed E-state index contributed by atoms with van der Waals surface area (Å²) in [7, 11) is -4.18. The van der Waals surface area contributed by atoms with Crippen LogP contribution in [0.15, 0.2) is 88.9 Å². The molecule has 0 radical (unpaired) electrons. The molecule has 0 fully saturated rings. The van der Waals surface area contributed by atoms with Gasteiger partial charge in [0, 0.05) is 17.0 Å². The number of halogens is 2. The Labute approximate surface area is 220 Å². The number of hydrogen-bond donors (Lipinski definition) is 1. The summed E-state index contributed by atoms with van der Waals surface area (Å²) < 4.78 is 57.1. The lowest BCUT2D eigenvalue weighted by Crippen LogP contribution is -2.39. The Hall–Kier alpha value is -4.31. The fourth-order valence-corrected chi connectivity index (χ4v) is 5.44. The SMILES string of the molecule is Cc1ccc(N(CC(=O)N/N=C\c2cc(C)n(-c3ccccc3F)c2C)S(=O)(=O)c2ccc(F)cc2)cc1. The zero-order valence-electron chi connectivity index (χ0n) is 21.0. The van der Waals surface area contributed by atoms with Crippen LogP contribution >= 0.6 is 0 Å². The molecule has 4 aromatic rings. The highest BCUT2D eigenvalue weighted by Gasteiger charge is 2.27. The van der Waals surface area contributed by atoms with Crippen molar-refractivity contribution in [3.63, 3.8) is 0 Å². The number of aromatic nitrogens is 1. The van der Waals surface area contributed by atoms with Crippen LogP contribution in [0.2, 0.25) is 0 Å². The molecule has 0 aliphatic rings. The second kappa shape index (κ2) is 11.0. The van der Waals surface area contributed by atoms with Gasteiger partial charge < -0.3 is 4.57 Å². The third-order valence-electron chi connectivity index (χ3n) is 5.97. The van der Waals surface area contributed by atoms with Gasteiger partial charge in [-0.3, -0.25) is 9.10 Å².